The van der Waals surface area contributed by atoms with E-state index in [1.54, 1.807) is 13.3 Å². The fourth-order valence-corrected chi connectivity index (χ4v) is 2.32. The van der Waals surface area contributed by atoms with E-state index in [9.17, 15) is 0 Å². The lowest BCUT2D eigenvalue weighted by Crippen LogP contribution is -2.43. The van der Waals surface area contributed by atoms with Crippen LogP contribution < -0.4 is 10.6 Å². The minimum Gasteiger partial charge on any atom is -0.364 e. The van der Waals surface area contributed by atoms with Gasteiger partial charge in [-0.25, -0.2) is 0 Å². The topological polar surface area (TPSA) is 62.5 Å². The van der Waals surface area contributed by atoms with Crippen LogP contribution in [0.15, 0.2) is 46.1 Å². The highest BCUT2D eigenvalue weighted by molar-refractivity contribution is 14.0. The van der Waals surface area contributed by atoms with E-state index in [0.29, 0.717) is 6.54 Å². The fraction of sp³-hybridized carbons (Fsp3) is 0.444. The summed E-state index contributed by atoms with van der Waals surface area (Å²) in [5.41, 5.74) is 3.54. The molecular weight excluding hydrogens is 415 g/mol. The average molecular weight is 442 g/mol. The molecule has 0 saturated heterocycles. The van der Waals surface area contributed by atoms with E-state index in [0.717, 1.165) is 24.6 Å². The zero-order valence-corrected chi connectivity index (χ0v) is 17.1. The summed E-state index contributed by atoms with van der Waals surface area (Å²) in [5.74, 6) is 0.756. The van der Waals surface area contributed by atoms with Gasteiger partial charge in [0.1, 0.15) is 12.0 Å². The Kier molecular flexibility index (Phi) is 8.24. The van der Waals surface area contributed by atoms with Crippen molar-refractivity contribution in [3.63, 3.8) is 0 Å². The van der Waals surface area contributed by atoms with Gasteiger partial charge in [-0.2, -0.15) is 0 Å². The van der Waals surface area contributed by atoms with Crippen molar-refractivity contribution in [2.24, 2.45) is 4.99 Å². The molecule has 24 heavy (non-hydrogen) atoms. The zero-order valence-electron chi connectivity index (χ0n) is 14.8. The van der Waals surface area contributed by atoms with Crippen molar-refractivity contribution in [2.45, 2.75) is 39.2 Å². The lowest BCUT2D eigenvalue weighted by Gasteiger charge is -2.27. The Morgan fingerprint density at radius 1 is 1.17 bits per heavy atom. The number of rotatable bonds is 6. The molecule has 132 valence electrons. The van der Waals surface area contributed by atoms with Gasteiger partial charge >= 0.3 is 0 Å². The number of hydrogen-bond acceptors (Lipinski definition) is 3. The molecule has 0 spiro atoms. The van der Waals surface area contributed by atoms with Gasteiger partial charge in [-0.05, 0) is 17.5 Å². The summed E-state index contributed by atoms with van der Waals surface area (Å²) < 4.78 is 4.82. The Labute approximate surface area is 161 Å². The van der Waals surface area contributed by atoms with Crippen molar-refractivity contribution in [3.8, 4) is 0 Å². The molecule has 0 radical (unpaired) electrons. The molecule has 2 rings (SSSR count). The average Bonchev–Trinajstić information content (AvgIpc) is 3.08. The Morgan fingerprint density at radius 2 is 1.88 bits per heavy atom. The van der Waals surface area contributed by atoms with E-state index in [1.807, 2.05) is 6.07 Å². The molecule has 0 saturated carbocycles. The maximum absolute atomic E-state index is 4.82. The number of guanidine groups is 1. The Bertz CT molecular complexity index is 621. The molecule has 0 aliphatic rings. The number of nitrogens with zero attached hydrogens (tertiary/aromatic N) is 2. The third kappa shape index (κ3) is 5.81. The second kappa shape index (κ2) is 9.66. The van der Waals surface area contributed by atoms with Crippen molar-refractivity contribution in [1.29, 1.82) is 0 Å². The second-order valence-electron chi connectivity index (χ2n) is 6.20. The normalized spacial score (nSPS) is 11.8. The van der Waals surface area contributed by atoms with Gasteiger partial charge in [-0.3, -0.25) is 4.99 Å². The van der Waals surface area contributed by atoms with E-state index < -0.39 is 0 Å². The lowest BCUT2D eigenvalue weighted by atomic mass is 9.84. The SMILES string of the molecule is CCc1ccc(C(C)(C)CNC(=NC)NCc2ccon2)cc1.I. The summed E-state index contributed by atoms with van der Waals surface area (Å²) >= 11 is 0. The standard InChI is InChI=1S/C18H26N4O.HI/c1-5-14-6-8-15(9-7-14)18(2,3)13-21-17(19-4)20-12-16-10-11-23-22-16;/h6-11H,5,12-13H2,1-4H3,(H2,19,20,21);1H. The van der Waals surface area contributed by atoms with Gasteiger partial charge < -0.3 is 15.2 Å². The number of benzene rings is 1. The van der Waals surface area contributed by atoms with Gasteiger partial charge in [0.2, 0.25) is 0 Å². The molecule has 0 bridgehead atoms. The molecule has 0 aliphatic heterocycles. The van der Waals surface area contributed by atoms with E-state index in [4.69, 9.17) is 4.52 Å². The minimum atomic E-state index is 0. The molecule has 0 fully saturated rings. The van der Waals surface area contributed by atoms with Crippen molar-refractivity contribution in [1.82, 2.24) is 15.8 Å². The van der Waals surface area contributed by atoms with Crippen molar-refractivity contribution >= 4 is 29.9 Å². The van der Waals surface area contributed by atoms with Crippen LogP contribution in [-0.4, -0.2) is 24.7 Å². The van der Waals surface area contributed by atoms with Crippen LogP contribution >= 0.6 is 24.0 Å². The first-order valence-corrected chi connectivity index (χ1v) is 7.98. The predicted octanol–water partition coefficient (Wildman–Crippen LogP) is 3.50. The summed E-state index contributed by atoms with van der Waals surface area (Å²) in [6, 6.07) is 10.7. The monoisotopic (exact) mass is 442 g/mol. The van der Waals surface area contributed by atoms with Gasteiger partial charge in [-0.1, -0.05) is 50.2 Å². The van der Waals surface area contributed by atoms with Gasteiger partial charge in [0.15, 0.2) is 5.96 Å². The van der Waals surface area contributed by atoms with E-state index in [-0.39, 0.29) is 29.4 Å². The number of aromatic nitrogens is 1. The van der Waals surface area contributed by atoms with Crippen LogP contribution in [0.4, 0.5) is 0 Å². The van der Waals surface area contributed by atoms with Crippen molar-refractivity contribution in [2.75, 3.05) is 13.6 Å². The molecule has 5 nitrogen and oxygen atoms in total. The van der Waals surface area contributed by atoms with Gasteiger partial charge in [0, 0.05) is 25.1 Å². The molecule has 2 N–H and O–H groups in total. The number of aliphatic imine (C=N–C) groups is 1. The van der Waals surface area contributed by atoms with Crippen molar-refractivity contribution < 1.29 is 4.52 Å². The molecule has 6 heteroatoms. The fourth-order valence-electron chi connectivity index (χ4n) is 2.32. The molecule has 0 atom stereocenters. The minimum absolute atomic E-state index is 0. The van der Waals surface area contributed by atoms with E-state index in [1.165, 1.54) is 11.1 Å². The maximum Gasteiger partial charge on any atom is 0.191 e. The molecule has 1 aromatic heterocycles. The smallest absolute Gasteiger partial charge is 0.191 e. The predicted molar refractivity (Wildman–Crippen MR) is 109 cm³/mol. The van der Waals surface area contributed by atoms with Crippen LogP contribution in [0.3, 0.4) is 0 Å². The van der Waals surface area contributed by atoms with Gasteiger partial charge in [0.25, 0.3) is 0 Å². The van der Waals surface area contributed by atoms with Crippen LogP contribution in [0.25, 0.3) is 0 Å². The molecule has 0 unspecified atom stereocenters. The van der Waals surface area contributed by atoms with Gasteiger partial charge in [0.05, 0.1) is 6.54 Å². The largest absolute Gasteiger partial charge is 0.364 e. The number of aryl methyl sites for hydroxylation is 1. The Balaban J connectivity index is 0.00000288. The first-order valence-electron chi connectivity index (χ1n) is 7.98. The van der Waals surface area contributed by atoms with Crippen LogP contribution in [0.2, 0.25) is 0 Å². The first kappa shape index (κ1) is 20.5. The molecular formula is C18H27IN4O. The quantitative estimate of drug-likeness (QED) is 0.409. The highest BCUT2D eigenvalue weighted by atomic mass is 127. The second-order valence-corrected chi connectivity index (χ2v) is 6.20. The van der Waals surface area contributed by atoms with Crippen LogP contribution in [0.1, 0.15) is 37.6 Å². The van der Waals surface area contributed by atoms with Gasteiger partial charge in [-0.15, -0.1) is 24.0 Å². The summed E-state index contributed by atoms with van der Waals surface area (Å²) in [7, 11) is 1.77. The molecule has 0 amide bonds. The highest BCUT2D eigenvalue weighted by Crippen LogP contribution is 2.22. The van der Waals surface area contributed by atoms with E-state index in [2.05, 4.69) is 65.8 Å². The Hall–Kier alpha value is -1.57. The lowest BCUT2D eigenvalue weighted by molar-refractivity contribution is 0.410. The van der Waals surface area contributed by atoms with Crippen LogP contribution in [-0.2, 0) is 18.4 Å². The van der Waals surface area contributed by atoms with Crippen molar-refractivity contribution in [3.05, 3.63) is 53.4 Å². The third-order valence-electron chi connectivity index (χ3n) is 3.99. The summed E-state index contributed by atoms with van der Waals surface area (Å²) in [6.45, 7) is 8.00. The first-order chi connectivity index (χ1) is 11.0. The van der Waals surface area contributed by atoms with Crippen LogP contribution in [0.5, 0.6) is 0 Å². The summed E-state index contributed by atoms with van der Waals surface area (Å²) in [5, 5.41) is 10.5. The molecule has 0 aliphatic carbocycles. The summed E-state index contributed by atoms with van der Waals surface area (Å²) in [6.07, 6.45) is 2.63. The van der Waals surface area contributed by atoms with E-state index >= 15 is 0 Å². The summed E-state index contributed by atoms with van der Waals surface area (Å²) in [4.78, 5) is 4.25. The maximum atomic E-state index is 4.82. The number of nitrogens with one attached hydrogen (secondary N) is 2. The highest BCUT2D eigenvalue weighted by Gasteiger charge is 2.20. The number of halogens is 1. The zero-order chi connectivity index (χ0) is 16.7. The Morgan fingerprint density at radius 3 is 2.42 bits per heavy atom. The molecule has 1 aromatic carbocycles. The van der Waals surface area contributed by atoms with Crippen LogP contribution in [0, 0.1) is 0 Å². The molecule has 2 aromatic rings. The molecule has 1 heterocycles. The third-order valence-corrected chi connectivity index (χ3v) is 3.99. The number of hydrogen-bond donors (Lipinski definition) is 2.